The van der Waals surface area contributed by atoms with E-state index in [1.165, 1.54) is 18.9 Å². The number of carbonyl (C=O) groups is 1. The Balaban J connectivity index is 1.80. The van der Waals surface area contributed by atoms with E-state index in [0.717, 1.165) is 6.54 Å². The lowest BCUT2D eigenvalue weighted by Gasteiger charge is -2.07. The van der Waals surface area contributed by atoms with Crippen LogP contribution in [0.2, 0.25) is 0 Å². The fraction of sp³-hybridized carbons (Fsp3) is 0.545. The summed E-state index contributed by atoms with van der Waals surface area (Å²) in [6.07, 6.45) is 2.55. The van der Waals surface area contributed by atoms with Crippen molar-refractivity contribution in [3.8, 4) is 0 Å². The second kappa shape index (κ2) is 3.70. The molecule has 1 heterocycles. The lowest BCUT2D eigenvalue weighted by atomic mass is 10.1. The van der Waals surface area contributed by atoms with E-state index >= 15 is 0 Å². The lowest BCUT2D eigenvalue weighted by Crippen LogP contribution is -2.21. The highest BCUT2D eigenvalue weighted by Gasteiger charge is 2.36. The lowest BCUT2D eigenvalue weighted by molar-refractivity contribution is 0.0660. The van der Waals surface area contributed by atoms with Gasteiger partial charge in [0, 0.05) is 6.54 Å². The minimum absolute atomic E-state index is 0.00411. The molecule has 1 aromatic heterocycles. The van der Waals surface area contributed by atoms with Gasteiger partial charge in [0.2, 0.25) is 5.76 Å². The van der Waals surface area contributed by atoms with Gasteiger partial charge in [-0.2, -0.15) is 0 Å². The molecular weight excluding hydrogens is 194 g/mol. The first-order chi connectivity index (χ1) is 7.09. The summed E-state index contributed by atoms with van der Waals surface area (Å²) in [5.41, 5.74) is 0.461. The summed E-state index contributed by atoms with van der Waals surface area (Å²) in [6.45, 7) is 3.81. The van der Waals surface area contributed by atoms with Crippen LogP contribution in [0, 0.1) is 5.41 Å². The second-order valence-electron chi connectivity index (χ2n) is 4.49. The molecule has 0 radical (unpaired) electrons. The van der Waals surface area contributed by atoms with Crippen LogP contribution in [0.1, 0.15) is 36.1 Å². The molecule has 0 saturated heterocycles. The number of hydrogen-bond acceptors (Lipinski definition) is 3. The Kier molecular flexibility index (Phi) is 2.52. The Bertz CT molecular complexity index is 366. The molecule has 0 unspecified atom stereocenters. The average Bonchev–Trinajstić information content (AvgIpc) is 2.74. The van der Waals surface area contributed by atoms with Gasteiger partial charge < -0.3 is 14.8 Å². The summed E-state index contributed by atoms with van der Waals surface area (Å²) in [5.74, 6) is -0.337. The van der Waals surface area contributed by atoms with E-state index in [2.05, 4.69) is 12.2 Å². The molecular formula is C11H15NO3. The molecule has 0 amide bonds. The number of furan rings is 1. The van der Waals surface area contributed by atoms with Crippen molar-refractivity contribution >= 4 is 5.97 Å². The number of aromatic carboxylic acids is 1. The molecule has 82 valence electrons. The number of hydrogen-bond donors (Lipinski definition) is 2. The van der Waals surface area contributed by atoms with Crippen LogP contribution < -0.4 is 5.32 Å². The summed E-state index contributed by atoms with van der Waals surface area (Å²) >= 11 is 0. The molecule has 1 aromatic rings. The van der Waals surface area contributed by atoms with Gasteiger partial charge in [0.15, 0.2) is 0 Å². The van der Waals surface area contributed by atoms with Crippen LogP contribution in [0.5, 0.6) is 0 Å². The van der Waals surface area contributed by atoms with E-state index < -0.39 is 5.97 Å². The third-order valence-corrected chi connectivity index (χ3v) is 2.83. The van der Waals surface area contributed by atoms with E-state index in [1.54, 1.807) is 6.07 Å². The summed E-state index contributed by atoms with van der Waals surface area (Å²) < 4.78 is 5.12. The molecule has 1 aliphatic rings. The van der Waals surface area contributed by atoms with Gasteiger partial charge in [-0.05, 0) is 30.4 Å². The van der Waals surface area contributed by atoms with Gasteiger partial charge in [0.25, 0.3) is 0 Å². The molecule has 2 N–H and O–H groups in total. The van der Waals surface area contributed by atoms with E-state index in [9.17, 15) is 4.79 Å². The zero-order valence-corrected chi connectivity index (χ0v) is 8.75. The smallest absolute Gasteiger partial charge is 0.371 e. The molecule has 0 atom stereocenters. The Labute approximate surface area is 88.3 Å². The predicted molar refractivity (Wildman–Crippen MR) is 54.7 cm³/mol. The largest absolute Gasteiger partial charge is 0.475 e. The Morgan fingerprint density at radius 1 is 1.60 bits per heavy atom. The van der Waals surface area contributed by atoms with Gasteiger partial charge in [0.05, 0.1) is 6.54 Å². The number of rotatable bonds is 5. The number of carboxylic acid groups (broad SMARTS) is 1. The maximum absolute atomic E-state index is 10.5. The Hall–Kier alpha value is -1.29. The van der Waals surface area contributed by atoms with Gasteiger partial charge in [0.1, 0.15) is 5.76 Å². The standard InChI is InChI=1S/C11H15NO3/c1-11(4-5-11)7-12-6-8-2-3-9(15-8)10(13)14/h2-3,12H,4-7H2,1H3,(H,13,14). The topological polar surface area (TPSA) is 62.5 Å². The van der Waals surface area contributed by atoms with Crippen LogP contribution in [0.3, 0.4) is 0 Å². The van der Waals surface area contributed by atoms with Crippen molar-refractivity contribution in [2.24, 2.45) is 5.41 Å². The molecule has 4 nitrogen and oxygen atoms in total. The van der Waals surface area contributed by atoms with Crippen molar-refractivity contribution in [3.63, 3.8) is 0 Å². The van der Waals surface area contributed by atoms with E-state index in [4.69, 9.17) is 9.52 Å². The zero-order chi connectivity index (χ0) is 10.9. The highest BCUT2D eigenvalue weighted by atomic mass is 16.4. The third-order valence-electron chi connectivity index (χ3n) is 2.83. The van der Waals surface area contributed by atoms with Crippen molar-refractivity contribution in [1.82, 2.24) is 5.32 Å². The zero-order valence-electron chi connectivity index (χ0n) is 8.75. The van der Waals surface area contributed by atoms with E-state index in [1.807, 2.05) is 0 Å². The second-order valence-corrected chi connectivity index (χ2v) is 4.49. The molecule has 4 heteroatoms. The normalized spacial score (nSPS) is 17.7. The summed E-state index contributed by atoms with van der Waals surface area (Å²) in [7, 11) is 0. The SMILES string of the molecule is CC1(CNCc2ccc(C(=O)O)o2)CC1. The van der Waals surface area contributed by atoms with E-state index in [0.29, 0.717) is 17.7 Å². The molecule has 15 heavy (non-hydrogen) atoms. The van der Waals surface area contributed by atoms with Gasteiger partial charge in [-0.15, -0.1) is 0 Å². The van der Waals surface area contributed by atoms with Crippen LogP contribution >= 0.6 is 0 Å². The Morgan fingerprint density at radius 2 is 2.33 bits per heavy atom. The first-order valence-corrected chi connectivity index (χ1v) is 5.12. The van der Waals surface area contributed by atoms with Crippen LogP contribution in [0.25, 0.3) is 0 Å². The maximum atomic E-state index is 10.5. The Morgan fingerprint density at radius 3 is 2.87 bits per heavy atom. The minimum atomic E-state index is -1.02. The van der Waals surface area contributed by atoms with E-state index in [-0.39, 0.29) is 5.76 Å². The molecule has 1 aliphatic carbocycles. The van der Waals surface area contributed by atoms with Gasteiger partial charge >= 0.3 is 5.97 Å². The van der Waals surface area contributed by atoms with Crippen molar-refractivity contribution in [2.75, 3.05) is 6.54 Å². The van der Waals surface area contributed by atoms with Crippen LogP contribution in [0.4, 0.5) is 0 Å². The first kappa shape index (κ1) is 10.2. The quantitative estimate of drug-likeness (QED) is 0.777. The van der Waals surface area contributed by atoms with Gasteiger partial charge in [-0.25, -0.2) is 4.79 Å². The third kappa shape index (κ3) is 2.59. The molecule has 1 saturated carbocycles. The molecule has 2 rings (SSSR count). The fourth-order valence-corrected chi connectivity index (χ4v) is 1.47. The van der Waals surface area contributed by atoms with Crippen molar-refractivity contribution < 1.29 is 14.3 Å². The molecule has 0 bridgehead atoms. The van der Waals surface area contributed by atoms with Crippen LogP contribution in [-0.2, 0) is 6.54 Å². The summed E-state index contributed by atoms with van der Waals surface area (Å²) in [5, 5.41) is 11.9. The number of carboxylic acids is 1. The maximum Gasteiger partial charge on any atom is 0.371 e. The average molecular weight is 209 g/mol. The molecule has 0 aromatic carbocycles. The first-order valence-electron chi connectivity index (χ1n) is 5.12. The summed E-state index contributed by atoms with van der Waals surface area (Å²) in [6, 6.07) is 3.18. The van der Waals surface area contributed by atoms with Crippen molar-refractivity contribution in [2.45, 2.75) is 26.3 Å². The van der Waals surface area contributed by atoms with Gasteiger partial charge in [-0.1, -0.05) is 6.92 Å². The highest BCUT2D eigenvalue weighted by molar-refractivity contribution is 5.84. The minimum Gasteiger partial charge on any atom is -0.475 e. The van der Waals surface area contributed by atoms with Gasteiger partial charge in [-0.3, -0.25) is 0 Å². The molecule has 0 aliphatic heterocycles. The van der Waals surface area contributed by atoms with Crippen molar-refractivity contribution in [1.29, 1.82) is 0 Å². The van der Waals surface area contributed by atoms with Crippen molar-refractivity contribution in [3.05, 3.63) is 23.7 Å². The number of nitrogens with one attached hydrogen (secondary N) is 1. The summed E-state index contributed by atoms with van der Waals surface area (Å²) in [4.78, 5) is 10.5. The predicted octanol–water partition coefficient (Wildman–Crippen LogP) is 1.87. The van der Waals surface area contributed by atoms with Crippen LogP contribution in [-0.4, -0.2) is 17.6 Å². The molecule has 0 spiro atoms. The fourth-order valence-electron chi connectivity index (χ4n) is 1.47. The monoisotopic (exact) mass is 209 g/mol. The van der Waals surface area contributed by atoms with Crippen LogP contribution in [0.15, 0.2) is 16.5 Å². The highest BCUT2D eigenvalue weighted by Crippen LogP contribution is 2.44. The molecule has 1 fully saturated rings.